The number of carbonyl (C=O) groups is 2. The molecule has 3 rings (SSSR count). The minimum Gasteiger partial charge on any atom is -0.480 e. The third-order valence-electron chi connectivity index (χ3n) is 4.75. The van der Waals surface area contributed by atoms with Gasteiger partial charge in [0.1, 0.15) is 12.6 Å². The van der Waals surface area contributed by atoms with E-state index in [1.807, 2.05) is 54.6 Å². The first-order valence-corrected chi connectivity index (χ1v) is 8.99. The standard InChI is InChI=1S/C22H23NO4/c1-14(2)20(21(24)25)23-22(26)27-13-19-17-11-7-6-10-16(17)12-18(19)15-8-4-3-5-9-15/h3-12,14,19-20H,13H2,1-2H3,(H,23,26)(H,24,25)/t19?,20-/m0/s1. The van der Waals surface area contributed by atoms with Crippen LogP contribution in [0.3, 0.4) is 0 Å². The van der Waals surface area contributed by atoms with E-state index < -0.39 is 18.1 Å². The van der Waals surface area contributed by atoms with E-state index in [2.05, 4.69) is 11.4 Å². The van der Waals surface area contributed by atoms with Gasteiger partial charge in [-0.3, -0.25) is 0 Å². The molecule has 0 fully saturated rings. The van der Waals surface area contributed by atoms with E-state index in [4.69, 9.17) is 4.74 Å². The van der Waals surface area contributed by atoms with Crippen LogP contribution in [0.25, 0.3) is 11.6 Å². The number of alkyl carbamates (subject to hydrolysis) is 1. The first-order chi connectivity index (χ1) is 13.0. The average molecular weight is 365 g/mol. The number of carbonyl (C=O) groups excluding carboxylic acids is 1. The predicted molar refractivity (Wildman–Crippen MR) is 104 cm³/mol. The monoisotopic (exact) mass is 365 g/mol. The molecule has 0 saturated heterocycles. The van der Waals surface area contributed by atoms with Crippen molar-refractivity contribution in [2.24, 2.45) is 5.92 Å². The molecule has 1 aliphatic rings. The zero-order valence-electron chi connectivity index (χ0n) is 15.4. The van der Waals surface area contributed by atoms with Gasteiger partial charge < -0.3 is 15.2 Å². The van der Waals surface area contributed by atoms with Crippen molar-refractivity contribution in [3.63, 3.8) is 0 Å². The van der Waals surface area contributed by atoms with Gasteiger partial charge in [-0.15, -0.1) is 0 Å². The zero-order valence-corrected chi connectivity index (χ0v) is 15.4. The van der Waals surface area contributed by atoms with E-state index in [0.29, 0.717) is 0 Å². The molecule has 27 heavy (non-hydrogen) atoms. The molecule has 140 valence electrons. The van der Waals surface area contributed by atoms with E-state index in [-0.39, 0.29) is 18.4 Å². The molecule has 1 aliphatic carbocycles. The number of fused-ring (bicyclic) bond motifs is 1. The van der Waals surface area contributed by atoms with Crippen molar-refractivity contribution in [2.75, 3.05) is 6.61 Å². The summed E-state index contributed by atoms with van der Waals surface area (Å²) in [6, 6.07) is 17.0. The topological polar surface area (TPSA) is 75.6 Å². The molecule has 0 heterocycles. The van der Waals surface area contributed by atoms with Crippen molar-refractivity contribution in [3.05, 3.63) is 71.3 Å². The second-order valence-corrected chi connectivity index (χ2v) is 6.95. The number of hydrogen-bond acceptors (Lipinski definition) is 3. The van der Waals surface area contributed by atoms with Gasteiger partial charge in [-0.05, 0) is 28.2 Å². The van der Waals surface area contributed by atoms with Crippen LogP contribution in [0.2, 0.25) is 0 Å². The van der Waals surface area contributed by atoms with Crippen LogP contribution in [0, 0.1) is 5.92 Å². The second kappa shape index (κ2) is 8.08. The van der Waals surface area contributed by atoms with Crippen molar-refractivity contribution >= 4 is 23.7 Å². The number of carboxylic acids is 1. The van der Waals surface area contributed by atoms with Gasteiger partial charge >= 0.3 is 12.1 Å². The molecule has 2 N–H and O–H groups in total. The Labute approximate surface area is 158 Å². The van der Waals surface area contributed by atoms with Gasteiger partial charge in [-0.25, -0.2) is 9.59 Å². The van der Waals surface area contributed by atoms with Crippen LogP contribution in [0.4, 0.5) is 4.79 Å². The van der Waals surface area contributed by atoms with Gasteiger partial charge in [0, 0.05) is 5.92 Å². The van der Waals surface area contributed by atoms with Gasteiger partial charge in [-0.2, -0.15) is 0 Å². The lowest BCUT2D eigenvalue weighted by molar-refractivity contribution is -0.140. The maximum atomic E-state index is 12.2. The Morgan fingerprint density at radius 1 is 1.07 bits per heavy atom. The molecule has 0 spiro atoms. The summed E-state index contributed by atoms with van der Waals surface area (Å²) in [5.41, 5.74) is 4.37. The first-order valence-electron chi connectivity index (χ1n) is 8.99. The Morgan fingerprint density at radius 3 is 2.41 bits per heavy atom. The summed E-state index contributed by atoms with van der Waals surface area (Å²) in [5, 5.41) is 11.7. The Balaban J connectivity index is 1.75. The number of amides is 1. The summed E-state index contributed by atoms with van der Waals surface area (Å²) < 4.78 is 5.41. The molecule has 5 nitrogen and oxygen atoms in total. The highest BCUT2D eigenvalue weighted by atomic mass is 16.5. The molecule has 2 aromatic rings. The number of benzene rings is 2. The molecule has 1 unspecified atom stereocenters. The number of aliphatic carboxylic acids is 1. The van der Waals surface area contributed by atoms with Crippen molar-refractivity contribution in [2.45, 2.75) is 25.8 Å². The van der Waals surface area contributed by atoms with Crippen LogP contribution in [0.15, 0.2) is 54.6 Å². The summed E-state index contributed by atoms with van der Waals surface area (Å²) in [6.07, 6.45) is 1.40. The third-order valence-corrected chi connectivity index (χ3v) is 4.75. The van der Waals surface area contributed by atoms with Crippen molar-refractivity contribution in [3.8, 4) is 0 Å². The molecule has 5 heteroatoms. The maximum Gasteiger partial charge on any atom is 0.407 e. The minimum atomic E-state index is -1.07. The van der Waals surface area contributed by atoms with Crippen LogP contribution in [0.5, 0.6) is 0 Å². The summed E-state index contributed by atoms with van der Waals surface area (Å²) in [5.74, 6) is -1.39. The SMILES string of the molecule is CC(C)[C@H](NC(=O)OCC1C(c2ccccc2)=Cc2ccccc21)C(=O)O. The maximum absolute atomic E-state index is 12.2. The van der Waals surface area contributed by atoms with Crippen LogP contribution in [0.1, 0.15) is 36.5 Å². The highest BCUT2D eigenvalue weighted by Gasteiger charge is 2.29. The van der Waals surface area contributed by atoms with E-state index in [9.17, 15) is 14.7 Å². The van der Waals surface area contributed by atoms with E-state index in [1.54, 1.807) is 13.8 Å². The molecular formula is C22H23NO4. The van der Waals surface area contributed by atoms with Gasteiger partial charge in [-0.1, -0.05) is 74.5 Å². The van der Waals surface area contributed by atoms with Gasteiger partial charge in [0.05, 0.1) is 0 Å². The average Bonchev–Trinajstić information content (AvgIpc) is 3.03. The lowest BCUT2D eigenvalue weighted by Crippen LogP contribution is -2.44. The first kappa shape index (κ1) is 18.7. The van der Waals surface area contributed by atoms with Crippen LogP contribution in [-0.4, -0.2) is 29.8 Å². The number of rotatable bonds is 6. The number of nitrogens with one attached hydrogen (secondary N) is 1. The van der Waals surface area contributed by atoms with Gasteiger partial charge in [0.15, 0.2) is 0 Å². The Hall–Kier alpha value is -3.08. The highest BCUT2D eigenvalue weighted by Crippen LogP contribution is 2.41. The van der Waals surface area contributed by atoms with E-state index >= 15 is 0 Å². The van der Waals surface area contributed by atoms with Crippen molar-refractivity contribution in [1.82, 2.24) is 5.32 Å². The van der Waals surface area contributed by atoms with Gasteiger partial charge in [0.25, 0.3) is 0 Å². The smallest absolute Gasteiger partial charge is 0.407 e. The molecule has 0 aliphatic heterocycles. The van der Waals surface area contributed by atoms with Crippen molar-refractivity contribution < 1.29 is 19.4 Å². The number of hydrogen-bond donors (Lipinski definition) is 2. The predicted octanol–water partition coefficient (Wildman–Crippen LogP) is 4.16. The lowest BCUT2D eigenvalue weighted by atomic mass is 9.92. The largest absolute Gasteiger partial charge is 0.480 e. The Bertz CT molecular complexity index is 858. The molecule has 0 saturated carbocycles. The zero-order chi connectivity index (χ0) is 19.4. The fraction of sp³-hybridized carbons (Fsp3) is 0.273. The number of ether oxygens (including phenoxy) is 1. The Kier molecular flexibility index (Phi) is 5.60. The number of carboxylic acid groups (broad SMARTS) is 1. The molecule has 2 atom stereocenters. The van der Waals surface area contributed by atoms with Crippen LogP contribution >= 0.6 is 0 Å². The fourth-order valence-electron chi connectivity index (χ4n) is 3.33. The molecule has 0 bridgehead atoms. The highest BCUT2D eigenvalue weighted by molar-refractivity contribution is 5.91. The summed E-state index contributed by atoms with van der Waals surface area (Å²) in [4.78, 5) is 23.4. The minimum absolute atomic E-state index is 0.0864. The fourth-order valence-corrected chi connectivity index (χ4v) is 3.33. The Morgan fingerprint density at radius 2 is 1.74 bits per heavy atom. The van der Waals surface area contributed by atoms with Crippen LogP contribution < -0.4 is 5.32 Å². The summed E-state index contributed by atoms with van der Waals surface area (Å²) >= 11 is 0. The van der Waals surface area contributed by atoms with Gasteiger partial charge in [0.2, 0.25) is 0 Å². The molecular weight excluding hydrogens is 342 g/mol. The van der Waals surface area contributed by atoms with Crippen molar-refractivity contribution in [1.29, 1.82) is 0 Å². The lowest BCUT2D eigenvalue weighted by Gasteiger charge is -2.20. The molecule has 0 aromatic heterocycles. The molecule has 2 aromatic carbocycles. The molecule has 1 amide bonds. The normalized spacial score (nSPS) is 16.4. The second-order valence-electron chi connectivity index (χ2n) is 6.95. The quantitative estimate of drug-likeness (QED) is 0.806. The third kappa shape index (κ3) is 4.19. The summed E-state index contributed by atoms with van der Waals surface area (Å²) in [7, 11) is 0. The van der Waals surface area contributed by atoms with E-state index in [0.717, 1.165) is 22.3 Å². The van der Waals surface area contributed by atoms with Crippen LogP contribution in [-0.2, 0) is 9.53 Å². The van der Waals surface area contributed by atoms with E-state index in [1.165, 1.54) is 0 Å². The summed E-state index contributed by atoms with van der Waals surface area (Å²) in [6.45, 7) is 3.62. The molecule has 0 radical (unpaired) electrons.